The number of nitrogens with zero attached hydrogens (tertiary/aromatic N) is 1. The Morgan fingerprint density at radius 1 is 1.03 bits per heavy atom. The summed E-state index contributed by atoms with van der Waals surface area (Å²) in [5.74, 6) is -0.769. The van der Waals surface area contributed by atoms with Gasteiger partial charge in [-0.2, -0.15) is 13.2 Å². The van der Waals surface area contributed by atoms with E-state index in [1.54, 1.807) is 0 Å². The highest BCUT2D eigenvalue weighted by atomic mass is 35.5. The van der Waals surface area contributed by atoms with E-state index < -0.39 is 34.5 Å². The standard InChI is InChI=1S/C21H16ClF3N4O4/c1-26-19(31)17-18(30)16(8-9-27-17)33-13-5-2-11(3-6-13)28-20(32)29-12-4-7-15(22)14(10-12)21(23,24)25/h2-10,30H,1H3,(H,26,31)(H2,28,29,32). The number of nitrogens with one attached hydrogen (secondary N) is 3. The van der Waals surface area contributed by atoms with Crippen LogP contribution in [0.4, 0.5) is 29.3 Å². The Balaban J connectivity index is 1.66. The molecule has 0 aliphatic rings. The van der Waals surface area contributed by atoms with E-state index in [2.05, 4.69) is 20.9 Å². The third-order valence-corrected chi connectivity index (χ3v) is 4.53. The predicted molar refractivity (Wildman–Crippen MR) is 115 cm³/mol. The highest BCUT2D eigenvalue weighted by Crippen LogP contribution is 2.36. The number of aromatic nitrogens is 1. The third-order valence-electron chi connectivity index (χ3n) is 4.20. The first-order valence-corrected chi connectivity index (χ1v) is 9.59. The molecular weight excluding hydrogens is 465 g/mol. The molecule has 33 heavy (non-hydrogen) atoms. The summed E-state index contributed by atoms with van der Waals surface area (Å²) >= 11 is 5.56. The Labute approximate surface area is 190 Å². The molecule has 172 valence electrons. The SMILES string of the molecule is CNC(=O)c1nccc(Oc2ccc(NC(=O)Nc3ccc(Cl)c(C(F)(F)F)c3)cc2)c1O. The molecule has 3 aromatic rings. The second-order valence-corrected chi connectivity index (χ2v) is 6.89. The lowest BCUT2D eigenvalue weighted by Crippen LogP contribution is -2.20. The van der Waals surface area contributed by atoms with Gasteiger partial charge in [-0.05, 0) is 42.5 Å². The van der Waals surface area contributed by atoms with E-state index in [9.17, 15) is 27.9 Å². The molecule has 2 aromatic carbocycles. The number of pyridine rings is 1. The zero-order chi connectivity index (χ0) is 24.2. The van der Waals surface area contributed by atoms with Gasteiger partial charge in [0.15, 0.2) is 17.2 Å². The van der Waals surface area contributed by atoms with Gasteiger partial charge in [0.2, 0.25) is 0 Å². The summed E-state index contributed by atoms with van der Waals surface area (Å²) in [5.41, 5.74) is -1.05. The van der Waals surface area contributed by atoms with Crippen LogP contribution < -0.4 is 20.7 Å². The van der Waals surface area contributed by atoms with Crippen LogP contribution in [0.1, 0.15) is 16.1 Å². The van der Waals surface area contributed by atoms with Crippen LogP contribution in [0, 0.1) is 0 Å². The fourth-order valence-corrected chi connectivity index (χ4v) is 2.87. The van der Waals surface area contributed by atoms with E-state index in [-0.39, 0.29) is 22.9 Å². The van der Waals surface area contributed by atoms with Crippen molar-refractivity contribution in [3.63, 3.8) is 0 Å². The maximum Gasteiger partial charge on any atom is 0.417 e. The second-order valence-electron chi connectivity index (χ2n) is 6.48. The van der Waals surface area contributed by atoms with Crippen molar-refractivity contribution in [2.75, 3.05) is 17.7 Å². The lowest BCUT2D eigenvalue weighted by Gasteiger charge is -2.13. The second kappa shape index (κ2) is 9.65. The summed E-state index contributed by atoms with van der Waals surface area (Å²) in [6.07, 6.45) is -3.37. The number of benzene rings is 2. The van der Waals surface area contributed by atoms with Crippen molar-refractivity contribution < 1.29 is 32.6 Å². The number of amides is 3. The number of rotatable bonds is 5. The maximum absolute atomic E-state index is 12.9. The van der Waals surface area contributed by atoms with Gasteiger partial charge < -0.3 is 25.8 Å². The Hall–Kier alpha value is -3.99. The van der Waals surface area contributed by atoms with Crippen LogP contribution in [0.3, 0.4) is 0 Å². The molecule has 3 rings (SSSR count). The molecule has 0 radical (unpaired) electrons. The zero-order valence-corrected chi connectivity index (χ0v) is 17.6. The number of carbonyl (C=O) groups is 2. The molecule has 0 fully saturated rings. The molecule has 0 saturated heterocycles. The van der Waals surface area contributed by atoms with Crippen LogP contribution in [0.15, 0.2) is 54.7 Å². The zero-order valence-electron chi connectivity index (χ0n) is 16.8. The van der Waals surface area contributed by atoms with Crippen LogP contribution >= 0.6 is 11.6 Å². The lowest BCUT2D eigenvalue weighted by molar-refractivity contribution is -0.137. The van der Waals surface area contributed by atoms with Crippen molar-refractivity contribution in [2.45, 2.75) is 6.18 Å². The normalized spacial score (nSPS) is 10.9. The fourth-order valence-electron chi connectivity index (χ4n) is 2.65. The summed E-state index contributed by atoms with van der Waals surface area (Å²) in [6.45, 7) is 0. The van der Waals surface area contributed by atoms with Crippen molar-refractivity contribution in [1.29, 1.82) is 0 Å². The number of urea groups is 1. The van der Waals surface area contributed by atoms with E-state index in [1.807, 2.05) is 0 Å². The third kappa shape index (κ3) is 5.83. The number of anilines is 2. The molecular formula is C21H16ClF3N4O4. The highest BCUT2D eigenvalue weighted by molar-refractivity contribution is 6.31. The monoisotopic (exact) mass is 480 g/mol. The molecule has 0 aliphatic heterocycles. The number of carbonyl (C=O) groups excluding carboxylic acids is 2. The van der Waals surface area contributed by atoms with E-state index in [1.165, 1.54) is 49.6 Å². The van der Waals surface area contributed by atoms with Gasteiger partial charge >= 0.3 is 12.2 Å². The van der Waals surface area contributed by atoms with Gasteiger partial charge in [-0.25, -0.2) is 9.78 Å². The number of ether oxygens (including phenoxy) is 1. The lowest BCUT2D eigenvalue weighted by atomic mass is 10.2. The minimum Gasteiger partial charge on any atom is -0.503 e. The smallest absolute Gasteiger partial charge is 0.417 e. The van der Waals surface area contributed by atoms with Crippen LogP contribution in [0.5, 0.6) is 17.2 Å². The van der Waals surface area contributed by atoms with Crippen LogP contribution in [0.2, 0.25) is 5.02 Å². The van der Waals surface area contributed by atoms with Gasteiger partial charge in [0, 0.05) is 30.7 Å². The van der Waals surface area contributed by atoms with E-state index in [0.29, 0.717) is 5.69 Å². The Morgan fingerprint density at radius 3 is 2.30 bits per heavy atom. The molecule has 1 heterocycles. The molecule has 0 atom stereocenters. The van der Waals surface area contributed by atoms with Crippen molar-refractivity contribution in [3.05, 3.63) is 71.0 Å². The summed E-state index contributed by atoms with van der Waals surface area (Å²) in [4.78, 5) is 27.6. The number of alkyl halides is 3. The van der Waals surface area contributed by atoms with Crippen LogP contribution in [-0.2, 0) is 6.18 Å². The largest absolute Gasteiger partial charge is 0.503 e. The first-order chi connectivity index (χ1) is 15.6. The van der Waals surface area contributed by atoms with Crippen molar-refractivity contribution in [1.82, 2.24) is 10.3 Å². The molecule has 0 saturated carbocycles. The van der Waals surface area contributed by atoms with Crippen LogP contribution in [-0.4, -0.2) is 29.1 Å². The number of aromatic hydroxyl groups is 1. The number of hydrogen-bond acceptors (Lipinski definition) is 5. The molecule has 4 N–H and O–H groups in total. The van der Waals surface area contributed by atoms with Gasteiger partial charge in [-0.3, -0.25) is 4.79 Å². The molecule has 8 nitrogen and oxygen atoms in total. The minimum absolute atomic E-state index is 0.00902. The predicted octanol–water partition coefficient (Wildman–Crippen LogP) is 5.26. The van der Waals surface area contributed by atoms with Gasteiger partial charge in [0.1, 0.15) is 5.75 Å². The molecule has 1 aromatic heterocycles. The summed E-state index contributed by atoms with van der Waals surface area (Å²) < 4.78 is 44.4. The average Bonchev–Trinajstić information content (AvgIpc) is 2.76. The Kier molecular flexibility index (Phi) is 6.92. The Bertz CT molecular complexity index is 1190. The Morgan fingerprint density at radius 2 is 1.67 bits per heavy atom. The van der Waals surface area contributed by atoms with Gasteiger partial charge in [0.25, 0.3) is 5.91 Å². The summed E-state index contributed by atoms with van der Waals surface area (Å²) in [7, 11) is 1.39. The molecule has 12 heteroatoms. The molecule has 3 amide bonds. The molecule has 0 bridgehead atoms. The number of hydrogen-bond donors (Lipinski definition) is 4. The molecule has 0 spiro atoms. The first-order valence-electron chi connectivity index (χ1n) is 9.21. The average molecular weight is 481 g/mol. The molecule has 0 aliphatic carbocycles. The van der Waals surface area contributed by atoms with E-state index in [0.717, 1.165) is 12.1 Å². The van der Waals surface area contributed by atoms with Crippen molar-refractivity contribution in [2.24, 2.45) is 0 Å². The van der Waals surface area contributed by atoms with E-state index >= 15 is 0 Å². The topological polar surface area (TPSA) is 113 Å². The quantitative estimate of drug-likeness (QED) is 0.398. The van der Waals surface area contributed by atoms with Gasteiger partial charge in [-0.1, -0.05) is 11.6 Å². The van der Waals surface area contributed by atoms with Gasteiger partial charge in [-0.15, -0.1) is 0 Å². The maximum atomic E-state index is 12.9. The van der Waals surface area contributed by atoms with Crippen molar-refractivity contribution in [3.8, 4) is 17.2 Å². The van der Waals surface area contributed by atoms with E-state index in [4.69, 9.17) is 16.3 Å². The molecule has 0 unspecified atom stereocenters. The fraction of sp³-hybridized carbons (Fsp3) is 0.0952. The number of halogens is 4. The summed E-state index contributed by atoms with van der Waals surface area (Å²) in [5, 5.41) is 16.8. The van der Waals surface area contributed by atoms with Crippen molar-refractivity contribution >= 4 is 34.9 Å². The minimum atomic E-state index is -4.66. The van der Waals surface area contributed by atoms with Gasteiger partial charge in [0.05, 0.1) is 10.6 Å². The highest BCUT2D eigenvalue weighted by Gasteiger charge is 2.33. The summed E-state index contributed by atoms with van der Waals surface area (Å²) in [6, 6.07) is 9.47. The van der Waals surface area contributed by atoms with Crippen LogP contribution in [0.25, 0.3) is 0 Å². The first kappa shape index (κ1) is 23.7.